The zero-order chi connectivity index (χ0) is 12.0. The van der Waals surface area contributed by atoms with Crippen molar-refractivity contribution in [1.29, 1.82) is 0 Å². The van der Waals surface area contributed by atoms with Gasteiger partial charge in [0.1, 0.15) is 0 Å². The highest BCUT2D eigenvalue weighted by Crippen LogP contribution is 2.15. The summed E-state index contributed by atoms with van der Waals surface area (Å²) in [6.07, 6.45) is 1.35. The molecule has 2 unspecified atom stereocenters. The number of ether oxygens (including phenoxy) is 1. The standard InChI is InChI=1S/C13H28N2O/c1-5-15-7-6-12(9-15)8-14-13(10-16-4)11(2)3/h11-14H,5-10H2,1-4H3. The van der Waals surface area contributed by atoms with Gasteiger partial charge in [-0.05, 0) is 37.9 Å². The summed E-state index contributed by atoms with van der Waals surface area (Å²) >= 11 is 0. The van der Waals surface area contributed by atoms with Gasteiger partial charge in [-0.1, -0.05) is 20.8 Å². The molecule has 1 aliphatic heterocycles. The molecule has 0 spiro atoms. The molecule has 2 atom stereocenters. The van der Waals surface area contributed by atoms with Crippen molar-refractivity contribution >= 4 is 0 Å². The molecule has 1 heterocycles. The van der Waals surface area contributed by atoms with Crippen LogP contribution in [0.25, 0.3) is 0 Å². The van der Waals surface area contributed by atoms with Crippen LogP contribution < -0.4 is 5.32 Å². The lowest BCUT2D eigenvalue weighted by atomic mass is 10.0. The molecule has 3 nitrogen and oxygen atoms in total. The summed E-state index contributed by atoms with van der Waals surface area (Å²) in [5.41, 5.74) is 0. The Bertz CT molecular complexity index is 185. The van der Waals surface area contributed by atoms with Crippen LogP contribution in [-0.2, 0) is 4.74 Å². The van der Waals surface area contributed by atoms with E-state index in [0.717, 1.165) is 19.1 Å². The average Bonchev–Trinajstić information content (AvgIpc) is 2.71. The first-order chi connectivity index (χ1) is 7.67. The summed E-state index contributed by atoms with van der Waals surface area (Å²) in [6, 6.07) is 0.501. The molecule has 0 bridgehead atoms. The third-order valence-corrected chi connectivity index (χ3v) is 3.64. The largest absolute Gasteiger partial charge is 0.383 e. The smallest absolute Gasteiger partial charge is 0.0618 e. The third-order valence-electron chi connectivity index (χ3n) is 3.64. The zero-order valence-corrected chi connectivity index (χ0v) is 11.3. The number of hydrogen-bond donors (Lipinski definition) is 1. The van der Waals surface area contributed by atoms with Gasteiger partial charge in [-0.15, -0.1) is 0 Å². The van der Waals surface area contributed by atoms with Crippen molar-refractivity contribution < 1.29 is 4.74 Å². The van der Waals surface area contributed by atoms with E-state index in [9.17, 15) is 0 Å². The van der Waals surface area contributed by atoms with E-state index < -0.39 is 0 Å². The second kappa shape index (κ2) is 7.25. The fourth-order valence-electron chi connectivity index (χ4n) is 2.35. The Morgan fingerprint density at radius 3 is 2.69 bits per heavy atom. The highest BCUT2D eigenvalue weighted by molar-refractivity contribution is 4.79. The first-order valence-electron chi connectivity index (χ1n) is 6.62. The molecule has 1 rings (SSSR count). The van der Waals surface area contributed by atoms with Gasteiger partial charge in [0.15, 0.2) is 0 Å². The molecule has 0 saturated carbocycles. The van der Waals surface area contributed by atoms with Crippen LogP contribution in [0.4, 0.5) is 0 Å². The van der Waals surface area contributed by atoms with Crippen molar-refractivity contribution in [3.63, 3.8) is 0 Å². The zero-order valence-electron chi connectivity index (χ0n) is 11.3. The number of nitrogens with zero attached hydrogens (tertiary/aromatic N) is 1. The van der Waals surface area contributed by atoms with E-state index in [4.69, 9.17) is 4.74 Å². The molecule has 1 aliphatic rings. The number of nitrogens with one attached hydrogen (secondary N) is 1. The van der Waals surface area contributed by atoms with E-state index in [1.807, 2.05) is 0 Å². The highest BCUT2D eigenvalue weighted by Gasteiger charge is 2.22. The van der Waals surface area contributed by atoms with Crippen molar-refractivity contribution in [3.8, 4) is 0 Å². The lowest BCUT2D eigenvalue weighted by Gasteiger charge is -2.23. The fraction of sp³-hybridized carbons (Fsp3) is 1.00. The quantitative estimate of drug-likeness (QED) is 0.716. The molecule has 1 saturated heterocycles. The maximum Gasteiger partial charge on any atom is 0.0618 e. The second-order valence-electron chi connectivity index (χ2n) is 5.26. The lowest BCUT2D eigenvalue weighted by molar-refractivity contribution is 0.144. The lowest BCUT2D eigenvalue weighted by Crippen LogP contribution is -2.40. The first kappa shape index (κ1) is 13.9. The Hall–Kier alpha value is -0.120. The van der Waals surface area contributed by atoms with Gasteiger partial charge in [0.25, 0.3) is 0 Å². The van der Waals surface area contributed by atoms with Gasteiger partial charge in [-0.2, -0.15) is 0 Å². The Morgan fingerprint density at radius 1 is 1.44 bits per heavy atom. The Morgan fingerprint density at radius 2 is 2.19 bits per heavy atom. The monoisotopic (exact) mass is 228 g/mol. The van der Waals surface area contributed by atoms with E-state index in [1.165, 1.54) is 26.1 Å². The van der Waals surface area contributed by atoms with Crippen LogP contribution in [0.5, 0.6) is 0 Å². The topological polar surface area (TPSA) is 24.5 Å². The van der Waals surface area contributed by atoms with Gasteiger partial charge < -0.3 is 15.0 Å². The molecule has 1 fully saturated rings. The SMILES string of the molecule is CCN1CCC(CNC(COC)C(C)C)C1. The molecular formula is C13H28N2O. The van der Waals surface area contributed by atoms with Gasteiger partial charge >= 0.3 is 0 Å². The van der Waals surface area contributed by atoms with Crippen LogP contribution in [0.1, 0.15) is 27.2 Å². The van der Waals surface area contributed by atoms with Crippen LogP contribution in [0.3, 0.4) is 0 Å². The van der Waals surface area contributed by atoms with Gasteiger partial charge in [-0.3, -0.25) is 0 Å². The minimum atomic E-state index is 0.501. The van der Waals surface area contributed by atoms with Gasteiger partial charge in [-0.25, -0.2) is 0 Å². The molecular weight excluding hydrogens is 200 g/mol. The predicted octanol–water partition coefficient (Wildman–Crippen LogP) is 1.59. The summed E-state index contributed by atoms with van der Waals surface area (Å²) < 4.78 is 5.25. The van der Waals surface area contributed by atoms with Crippen molar-refractivity contribution in [2.45, 2.75) is 33.2 Å². The highest BCUT2D eigenvalue weighted by atomic mass is 16.5. The maximum absolute atomic E-state index is 5.25. The van der Waals surface area contributed by atoms with E-state index in [-0.39, 0.29) is 0 Å². The summed E-state index contributed by atoms with van der Waals surface area (Å²) in [7, 11) is 1.78. The van der Waals surface area contributed by atoms with Gasteiger partial charge in [0.05, 0.1) is 6.61 Å². The molecule has 0 amide bonds. The maximum atomic E-state index is 5.25. The van der Waals surface area contributed by atoms with Crippen LogP contribution in [0.15, 0.2) is 0 Å². The number of likely N-dealkylation sites (tertiary alicyclic amines) is 1. The summed E-state index contributed by atoms with van der Waals surface area (Å²) in [6.45, 7) is 12.5. The minimum Gasteiger partial charge on any atom is -0.383 e. The normalized spacial score (nSPS) is 24.2. The Labute approximate surface area is 101 Å². The molecule has 0 aromatic heterocycles. The fourth-order valence-corrected chi connectivity index (χ4v) is 2.35. The molecule has 0 aromatic carbocycles. The third kappa shape index (κ3) is 4.40. The predicted molar refractivity (Wildman–Crippen MR) is 68.7 cm³/mol. The van der Waals surface area contributed by atoms with Gasteiger partial charge in [0, 0.05) is 19.7 Å². The summed E-state index contributed by atoms with van der Waals surface area (Å²) in [5, 5.41) is 3.66. The molecule has 1 N–H and O–H groups in total. The van der Waals surface area contributed by atoms with Crippen molar-refractivity contribution in [1.82, 2.24) is 10.2 Å². The van der Waals surface area contributed by atoms with Crippen LogP contribution in [0.2, 0.25) is 0 Å². The van der Waals surface area contributed by atoms with Crippen molar-refractivity contribution in [2.24, 2.45) is 11.8 Å². The van der Waals surface area contributed by atoms with Gasteiger partial charge in [0.2, 0.25) is 0 Å². The number of rotatable bonds is 7. The first-order valence-corrected chi connectivity index (χ1v) is 6.62. The van der Waals surface area contributed by atoms with Crippen molar-refractivity contribution in [2.75, 3.05) is 39.9 Å². The van der Waals surface area contributed by atoms with Crippen molar-refractivity contribution in [3.05, 3.63) is 0 Å². The van der Waals surface area contributed by atoms with E-state index in [0.29, 0.717) is 12.0 Å². The molecule has 3 heteroatoms. The number of methoxy groups -OCH3 is 1. The van der Waals surface area contributed by atoms with E-state index in [2.05, 4.69) is 31.0 Å². The molecule has 16 heavy (non-hydrogen) atoms. The second-order valence-corrected chi connectivity index (χ2v) is 5.26. The van der Waals surface area contributed by atoms with E-state index in [1.54, 1.807) is 7.11 Å². The average molecular weight is 228 g/mol. The molecule has 96 valence electrons. The van der Waals surface area contributed by atoms with Crippen LogP contribution >= 0.6 is 0 Å². The van der Waals surface area contributed by atoms with Crippen LogP contribution in [-0.4, -0.2) is 50.8 Å². The summed E-state index contributed by atoms with van der Waals surface area (Å²) in [4.78, 5) is 2.53. The van der Waals surface area contributed by atoms with E-state index >= 15 is 0 Å². The Balaban J connectivity index is 2.22. The number of hydrogen-bond acceptors (Lipinski definition) is 3. The van der Waals surface area contributed by atoms with Crippen LogP contribution in [0, 0.1) is 11.8 Å². The Kier molecular flexibility index (Phi) is 6.32. The summed E-state index contributed by atoms with van der Waals surface area (Å²) in [5.74, 6) is 1.47. The molecule has 0 radical (unpaired) electrons. The minimum absolute atomic E-state index is 0.501. The molecule has 0 aromatic rings. The molecule has 0 aliphatic carbocycles.